The molecular weight excluding hydrogens is 415 g/mol. The Kier molecular flexibility index (Phi) is 5.04. The highest BCUT2D eigenvalue weighted by Gasteiger charge is 2.49. The topological polar surface area (TPSA) is 69.6 Å². The summed E-state index contributed by atoms with van der Waals surface area (Å²) in [5.41, 5.74) is 3.68. The molecule has 0 saturated carbocycles. The Hall–Kier alpha value is -2.74. The highest BCUT2D eigenvalue weighted by Crippen LogP contribution is 2.49. The third-order valence-corrected chi connectivity index (χ3v) is 8.27. The summed E-state index contributed by atoms with van der Waals surface area (Å²) in [6.07, 6.45) is 0.589. The number of benzene rings is 3. The molecule has 2 aliphatic rings. The number of aliphatic hydroxyl groups excluding tert-OH is 1. The maximum atomic E-state index is 14.4. The van der Waals surface area contributed by atoms with Crippen molar-refractivity contribution in [2.45, 2.75) is 23.4 Å². The highest BCUT2D eigenvalue weighted by molar-refractivity contribution is 7.89. The monoisotopic (exact) mass is 438 g/mol. The summed E-state index contributed by atoms with van der Waals surface area (Å²) in [5, 5.41) is 13.3. The van der Waals surface area contributed by atoms with Crippen molar-refractivity contribution in [2.75, 3.05) is 18.5 Å². The molecule has 2 aliphatic heterocycles. The van der Waals surface area contributed by atoms with Gasteiger partial charge in [0.15, 0.2) is 0 Å². The fourth-order valence-corrected chi connectivity index (χ4v) is 6.61. The van der Waals surface area contributed by atoms with Crippen molar-refractivity contribution < 1.29 is 17.9 Å². The van der Waals surface area contributed by atoms with Crippen molar-refractivity contribution in [1.29, 1.82) is 0 Å². The van der Waals surface area contributed by atoms with E-state index in [0.717, 1.165) is 22.4 Å². The van der Waals surface area contributed by atoms with Crippen LogP contribution in [0.3, 0.4) is 0 Å². The lowest BCUT2D eigenvalue weighted by Crippen LogP contribution is -2.43. The van der Waals surface area contributed by atoms with Crippen molar-refractivity contribution in [1.82, 2.24) is 4.31 Å². The van der Waals surface area contributed by atoms with Gasteiger partial charge in [-0.05, 0) is 47.4 Å². The fraction of sp³-hybridized carbons (Fsp3) is 0.250. The van der Waals surface area contributed by atoms with Gasteiger partial charge in [0, 0.05) is 18.2 Å². The van der Waals surface area contributed by atoms with Gasteiger partial charge in [-0.25, -0.2) is 12.8 Å². The molecule has 3 aromatic carbocycles. The quantitative estimate of drug-likeness (QED) is 0.645. The zero-order valence-electron chi connectivity index (χ0n) is 16.8. The molecule has 160 valence electrons. The first-order valence-corrected chi connectivity index (χ1v) is 11.8. The number of fused-ring (bicyclic) bond motifs is 3. The van der Waals surface area contributed by atoms with Crippen LogP contribution in [-0.4, -0.2) is 37.0 Å². The molecule has 0 aromatic heterocycles. The summed E-state index contributed by atoms with van der Waals surface area (Å²) in [5.74, 6) is -0.859. The molecule has 5 nitrogen and oxygen atoms in total. The van der Waals surface area contributed by atoms with E-state index in [1.54, 1.807) is 0 Å². The van der Waals surface area contributed by atoms with Crippen LogP contribution < -0.4 is 5.32 Å². The van der Waals surface area contributed by atoms with Crippen molar-refractivity contribution >= 4 is 15.7 Å². The fourth-order valence-electron chi connectivity index (χ4n) is 4.88. The van der Waals surface area contributed by atoms with Gasteiger partial charge in [-0.2, -0.15) is 4.31 Å². The smallest absolute Gasteiger partial charge is 0.246 e. The highest BCUT2D eigenvalue weighted by atomic mass is 32.2. The maximum Gasteiger partial charge on any atom is 0.246 e. The second-order valence-corrected chi connectivity index (χ2v) is 9.90. The number of sulfonamides is 1. The SMILES string of the molecule is O=S(=O)(c1ccccc1F)N1CC[C@@H]2[C@H](CO)Nc3ccc(-c4ccccc4)cc3[C@@H]21. The van der Waals surface area contributed by atoms with Gasteiger partial charge in [-0.1, -0.05) is 48.5 Å². The molecule has 3 atom stereocenters. The molecule has 7 heteroatoms. The zero-order chi connectivity index (χ0) is 21.6. The van der Waals surface area contributed by atoms with E-state index in [9.17, 15) is 17.9 Å². The lowest BCUT2D eigenvalue weighted by molar-refractivity contribution is 0.210. The Morgan fingerprint density at radius 1 is 1.00 bits per heavy atom. The van der Waals surface area contributed by atoms with Gasteiger partial charge in [0.1, 0.15) is 10.7 Å². The first kappa shape index (κ1) is 20.2. The normalized spacial score (nSPS) is 23.1. The van der Waals surface area contributed by atoms with Crippen molar-refractivity contribution in [2.24, 2.45) is 5.92 Å². The summed E-state index contributed by atoms with van der Waals surface area (Å²) in [4.78, 5) is -0.310. The van der Waals surface area contributed by atoms with Gasteiger partial charge in [-0.3, -0.25) is 0 Å². The Morgan fingerprint density at radius 2 is 1.74 bits per heavy atom. The average Bonchev–Trinajstić information content (AvgIpc) is 3.25. The van der Waals surface area contributed by atoms with Crippen LogP contribution in [0.1, 0.15) is 18.0 Å². The molecule has 0 bridgehead atoms. The van der Waals surface area contributed by atoms with Crippen LogP contribution in [0.15, 0.2) is 77.7 Å². The number of hydrogen-bond donors (Lipinski definition) is 2. The molecular formula is C24H23FN2O3S. The van der Waals surface area contributed by atoms with E-state index in [2.05, 4.69) is 5.32 Å². The van der Waals surface area contributed by atoms with Crippen molar-refractivity contribution in [3.8, 4) is 11.1 Å². The van der Waals surface area contributed by atoms with E-state index in [0.29, 0.717) is 6.42 Å². The van der Waals surface area contributed by atoms with Crippen LogP contribution in [0.25, 0.3) is 11.1 Å². The predicted molar refractivity (Wildman–Crippen MR) is 118 cm³/mol. The first-order valence-electron chi connectivity index (χ1n) is 10.3. The summed E-state index contributed by atoms with van der Waals surface area (Å²) in [7, 11) is -4.04. The van der Waals surface area contributed by atoms with Gasteiger partial charge in [-0.15, -0.1) is 0 Å². The molecule has 0 radical (unpaired) electrons. The van der Waals surface area contributed by atoms with Gasteiger partial charge in [0.25, 0.3) is 0 Å². The van der Waals surface area contributed by atoms with Crippen molar-refractivity contribution in [3.63, 3.8) is 0 Å². The van der Waals surface area contributed by atoms with E-state index in [1.165, 1.54) is 28.6 Å². The third kappa shape index (κ3) is 3.33. The molecule has 3 aromatic rings. The van der Waals surface area contributed by atoms with Crippen LogP contribution in [0, 0.1) is 11.7 Å². The van der Waals surface area contributed by atoms with Gasteiger partial charge >= 0.3 is 0 Å². The zero-order valence-corrected chi connectivity index (χ0v) is 17.6. The second kappa shape index (κ2) is 7.75. The summed E-state index contributed by atoms with van der Waals surface area (Å²) in [6, 6.07) is 20.6. The Morgan fingerprint density at radius 3 is 2.48 bits per heavy atom. The molecule has 1 fully saturated rings. The molecule has 5 rings (SSSR count). The molecule has 0 amide bonds. The summed E-state index contributed by atoms with van der Waals surface area (Å²) in [6.45, 7) is 0.174. The number of aliphatic hydroxyl groups is 1. The maximum absolute atomic E-state index is 14.4. The lowest BCUT2D eigenvalue weighted by atomic mass is 9.82. The standard InChI is InChI=1S/C24H23FN2O3S/c25-20-8-4-5-9-23(20)31(29,30)27-13-12-18-22(15-28)26-21-11-10-17(14-19(21)24(18)27)16-6-2-1-3-7-16/h1-11,14,18,22,24,26,28H,12-13,15H2/t18-,22+,24-/m1/s1. The lowest BCUT2D eigenvalue weighted by Gasteiger charge is -2.39. The molecule has 2 heterocycles. The van der Waals surface area contributed by atoms with Crippen LogP contribution in [0.4, 0.5) is 10.1 Å². The molecule has 2 N–H and O–H groups in total. The van der Waals surface area contributed by atoms with E-state index in [4.69, 9.17) is 0 Å². The van der Waals surface area contributed by atoms with Crippen LogP contribution >= 0.6 is 0 Å². The first-order chi connectivity index (χ1) is 15.0. The van der Waals surface area contributed by atoms with E-state index in [-0.39, 0.29) is 30.0 Å². The predicted octanol–water partition coefficient (Wildman–Crippen LogP) is 4.03. The van der Waals surface area contributed by atoms with Gasteiger partial charge in [0.2, 0.25) is 10.0 Å². The minimum atomic E-state index is -4.04. The number of nitrogens with zero attached hydrogens (tertiary/aromatic N) is 1. The number of rotatable bonds is 4. The molecule has 0 spiro atoms. The summed E-state index contributed by atoms with van der Waals surface area (Å²) >= 11 is 0. The molecule has 31 heavy (non-hydrogen) atoms. The molecule has 0 aliphatic carbocycles. The van der Waals surface area contributed by atoms with Gasteiger partial charge in [0.05, 0.1) is 18.7 Å². The Labute approximate surface area is 181 Å². The summed E-state index contributed by atoms with van der Waals surface area (Å²) < 4.78 is 42.8. The average molecular weight is 439 g/mol. The number of anilines is 1. The van der Waals surface area contributed by atoms with Gasteiger partial charge < -0.3 is 10.4 Å². The number of hydrogen-bond acceptors (Lipinski definition) is 4. The Bertz CT molecular complexity index is 1220. The van der Waals surface area contributed by atoms with Crippen molar-refractivity contribution in [3.05, 3.63) is 84.2 Å². The largest absolute Gasteiger partial charge is 0.394 e. The number of nitrogens with one attached hydrogen (secondary N) is 1. The van der Waals surface area contributed by atoms with Crippen LogP contribution in [-0.2, 0) is 10.0 Å². The van der Waals surface area contributed by atoms with Crippen LogP contribution in [0.2, 0.25) is 0 Å². The molecule has 1 saturated heterocycles. The van der Waals surface area contributed by atoms with E-state index in [1.807, 2.05) is 48.5 Å². The number of halogens is 1. The van der Waals surface area contributed by atoms with Crippen LogP contribution in [0.5, 0.6) is 0 Å². The minimum absolute atomic E-state index is 0.103. The Balaban J connectivity index is 1.63. The molecule has 0 unspecified atom stereocenters. The van der Waals surface area contributed by atoms with E-state index >= 15 is 0 Å². The third-order valence-electron chi connectivity index (χ3n) is 6.35. The minimum Gasteiger partial charge on any atom is -0.394 e. The second-order valence-electron chi connectivity index (χ2n) is 8.05. The van der Waals surface area contributed by atoms with E-state index < -0.39 is 21.9 Å².